The highest BCUT2D eigenvalue weighted by molar-refractivity contribution is 7.15. The van der Waals surface area contributed by atoms with E-state index in [0.717, 1.165) is 22.5 Å². The summed E-state index contributed by atoms with van der Waals surface area (Å²) in [6.07, 6.45) is 0. The molecule has 0 atom stereocenters. The molecule has 0 bridgehead atoms. The number of rotatable bonds is 3. The van der Waals surface area contributed by atoms with Crippen LogP contribution in [0.25, 0.3) is 21.9 Å². The lowest BCUT2D eigenvalue weighted by molar-refractivity contribution is -0.113. The minimum atomic E-state index is -0.369. The predicted octanol–water partition coefficient (Wildman–Crippen LogP) is 4.72. The number of benzene rings is 3. The molecule has 6 rings (SSSR count). The molecule has 5 aromatic rings. The molecule has 0 fully saturated rings. The summed E-state index contributed by atoms with van der Waals surface area (Å²) in [5.41, 5.74) is 4.22. The van der Waals surface area contributed by atoms with Crippen LogP contribution in [0.1, 0.15) is 37.5 Å². The second kappa shape index (κ2) is 8.45. The molecule has 2 aromatic heterocycles. The summed E-state index contributed by atoms with van der Waals surface area (Å²) in [6, 6.07) is 21.5. The van der Waals surface area contributed by atoms with Crippen LogP contribution in [-0.2, 0) is 16.8 Å². The Hall–Kier alpha value is -4.17. The van der Waals surface area contributed by atoms with Gasteiger partial charge in [0, 0.05) is 11.1 Å². The van der Waals surface area contributed by atoms with Crippen molar-refractivity contribution in [2.75, 3.05) is 4.90 Å². The highest BCUT2D eigenvalue weighted by Crippen LogP contribution is 2.36. The number of hydrogen-bond acceptors (Lipinski definition) is 5. The first kappa shape index (κ1) is 23.2. The first-order valence-electron chi connectivity index (χ1n) is 11.9. The molecule has 0 spiro atoms. The molecule has 8 heteroatoms. The SMILES string of the molecule is CC(C)(C)c1ccc(-c2nc3s/c(=C4\C(=O)N(Cc5ccc(F)cc5)c5ccccc54)c(=O)n3n2)cc1. The van der Waals surface area contributed by atoms with Gasteiger partial charge in [-0.1, -0.05) is 86.7 Å². The molecule has 0 saturated carbocycles. The van der Waals surface area contributed by atoms with Gasteiger partial charge in [0.15, 0.2) is 5.82 Å². The van der Waals surface area contributed by atoms with Crippen LogP contribution in [0.2, 0.25) is 0 Å². The van der Waals surface area contributed by atoms with Gasteiger partial charge in [-0.2, -0.15) is 9.50 Å². The Morgan fingerprint density at radius 2 is 1.62 bits per heavy atom. The van der Waals surface area contributed by atoms with Gasteiger partial charge >= 0.3 is 0 Å². The molecule has 0 aliphatic carbocycles. The molecule has 1 aliphatic rings. The van der Waals surface area contributed by atoms with E-state index < -0.39 is 0 Å². The lowest BCUT2D eigenvalue weighted by Gasteiger charge is -2.18. The molecular weight excluding hydrogens is 487 g/mol. The smallest absolute Gasteiger partial charge is 0.291 e. The van der Waals surface area contributed by atoms with Crippen LogP contribution in [0.5, 0.6) is 0 Å². The zero-order valence-electron chi connectivity index (χ0n) is 20.5. The van der Waals surface area contributed by atoms with Crippen molar-refractivity contribution < 1.29 is 9.18 Å². The van der Waals surface area contributed by atoms with Gasteiger partial charge in [0.25, 0.3) is 11.5 Å². The summed E-state index contributed by atoms with van der Waals surface area (Å²) in [4.78, 5) is 33.7. The molecule has 3 heterocycles. The molecule has 6 nitrogen and oxygen atoms in total. The lowest BCUT2D eigenvalue weighted by atomic mass is 9.87. The van der Waals surface area contributed by atoms with E-state index in [1.165, 1.54) is 22.2 Å². The van der Waals surface area contributed by atoms with Gasteiger partial charge in [0.2, 0.25) is 4.96 Å². The van der Waals surface area contributed by atoms with Gasteiger partial charge in [0.1, 0.15) is 10.3 Å². The third-order valence-electron chi connectivity index (χ3n) is 6.57. The maximum atomic E-state index is 13.6. The average Bonchev–Trinajstić information content (AvgIpc) is 3.51. The quantitative estimate of drug-likeness (QED) is 0.352. The van der Waals surface area contributed by atoms with Crippen LogP contribution in [0, 0.1) is 5.82 Å². The molecule has 184 valence electrons. The predicted molar refractivity (Wildman–Crippen MR) is 143 cm³/mol. The Kier molecular flexibility index (Phi) is 5.31. The number of nitrogens with zero attached hydrogens (tertiary/aromatic N) is 4. The average molecular weight is 511 g/mol. The Labute approximate surface area is 216 Å². The van der Waals surface area contributed by atoms with Crippen molar-refractivity contribution >= 4 is 33.5 Å². The van der Waals surface area contributed by atoms with Gasteiger partial charge < -0.3 is 4.90 Å². The van der Waals surface area contributed by atoms with Crippen LogP contribution in [-0.4, -0.2) is 20.5 Å². The van der Waals surface area contributed by atoms with Crippen LogP contribution in [0.3, 0.4) is 0 Å². The molecule has 1 amide bonds. The van der Waals surface area contributed by atoms with Crippen molar-refractivity contribution in [2.24, 2.45) is 0 Å². The number of carbonyl (C=O) groups is 1. The number of anilines is 1. The molecule has 0 radical (unpaired) electrons. The summed E-state index contributed by atoms with van der Waals surface area (Å²) < 4.78 is 15.0. The largest absolute Gasteiger partial charge is 0.303 e. The number of halogens is 1. The fourth-order valence-corrected chi connectivity index (χ4v) is 5.55. The minimum Gasteiger partial charge on any atom is -0.303 e. The van der Waals surface area contributed by atoms with Gasteiger partial charge in [-0.15, -0.1) is 5.10 Å². The van der Waals surface area contributed by atoms with Gasteiger partial charge in [-0.05, 0) is 34.7 Å². The fourth-order valence-electron chi connectivity index (χ4n) is 4.56. The first-order valence-corrected chi connectivity index (χ1v) is 12.7. The number of aromatic nitrogens is 3. The van der Waals surface area contributed by atoms with Crippen molar-refractivity contribution in [1.82, 2.24) is 14.6 Å². The van der Waals surface area contributed by atoms with E-state index >= 15 is 0 Å². The Morgan fingerprint density at radius 3 is 2.30 bits per heavy atom. The van der Waals surface area contributed by atoms with E-state index in [1.807, 2.05) is 48.5 Å². The van der Waals surface area contributed by atoms with E-state index in [2.05, 4.69) is 30.9 Å². The number of fused-ring (bicyclic) bond motifs is 2. The van der Waals surface area contributed by atoms with Crippen molar-refractivity contribution in [1.29, 1.82) is 0 Å². The highest BCUT2D eigenvalue weighted by Gasteiger charge is 2.34. The number of para-hydroxylation sites is 1. The molecule has 0 unspecified atom stereocenters. The summed E-state index contributed by atoms with van der Waals surface area (Å²) >= 11 is 1.16. The minimum absolute atomic E-state index is 0.0313. The van der Waals surface area contributed by atoms with E-state index in [-0.39, 0.29) is 29.2 Å². The van der Waals surface area contributed by atoms with Crippen LogP contribution in [0.15, 0.2) is 77.6 Å². The van der Waals surface area contributed by atoms with Crippen LogP contribution >= 0.6 is 11.3 Å². The molecule has 1 aliphatic heterocycles. The molecule has 3 aromatic carbocycles. The maximum absolute atomic E-state index is 13.6. The number of amides is 1. The Balaban J connectivity index is 1.43. The van der Waals surface area contributed by atoms with Gasteiger partial charge in [-0.25, -0.2) is 4.39 Å². The van der Waals surface area contributed by atoms with E-state index in [4.69, 9.17) is 0 Å². The number of carbonyl (C=O) groups excluding carboxylic acids is 1. The zero-order chi connectivity index (χ0) is 25.9. The third-order valence-corrected chi connectivity index (χ3v) is 7.60. The number of hydrogen-bond donors (Lipinski definition) is 0. The normalized spacial score (nSPS) is 15.0. The Morgan fingerprint density at radius 1 is 0.919 bits per heavy atom. The zero-order valence-corrected chi connectivity index (χ0v) is 21.3. The van der Waals surface area contributed by atoms with Crippen molar-refractivity contribution in [3.63, 3.8) is 0 Å². The first-order chi connectivity index (χ1) is 17.7. The second-order valence-corrected chi connectivity index (χ2v) is 11.1. The summed E-state index contributed by atoms with van der Waals surface area (Å²) in [5.74, 6) is -0.138. The molecular formula is C29H23FN4O2S. The summed E-state index contributed by atoms with van der Waals surface area (Å²) in [6.45, 7) is 6.72. The highest BCUT2D eigenvalue weighted by atomic mass is 32.1. The third kappa shape index (κ3) is 3.94. The van der Waals surface area contributed by atoms with Crippen LogP contribution < -0.4 is 15.0 Å². The Bertz CT molecular complexity index is 1780. The molecule has 0 saturated heterocycles. The molecule has 0 N–H and O–H groups in total. The molecule has 37 heavy (non-hydrogen) atoms. The van der Waals surface area contributed by atoms with Crippen molar-refractivity contribution in [3.05, 3.63) is 110 Å². The maximum Gasteiger partial charge on any atom is 0.291 e. The number of thiazole rings is 1. The van der Waals surface area contributed by atoms with Crippen LogP contribution in [0.4, 0.5) is 10.1 Å². The van der Waals surface area contributed by atoms with Gasteiger partial charge in [0.05, 0.1) is 17.8 Å². The fraction of sp³-hybridized carbons (Fsp3) is 0.172. The summed E-state index contributed by atoms with van der Waals surface area (Å²) in [5, 5.41) is 4.47. The van der Waals surface area contributed by atoms with E-state index in [9.17, 15) is 14.0 Å². The summed E-state index contributed by atoms with van der Waals surface area (Å²) in [7, 11) is 0. The lowest BCUT2D eigenvalue weighted by Crippen LogP contribution is -2.32. The topological polar surface area (TPSA) is 67.6 Å². The second-order valence-electron chi connectivity index (χ2n) is 10.1. The van der Waals surface area contributed by atoms with Crippen molar-refractivity contribution in [3.8, 4) is 11.4 Å². The van der Waals surface area contributed by atoms with E-state index in [1.54, 1.807) is 17.0 Å². The van der Waals surface area contributed by atoms with Gasteiger partial charge in [-0.3, -0.25) is 9.59 Å². The van der Waals surface area contributed by atoms with Crippen molar-refractivity contribution in [2.45, 2.75) is 32.7 Å². The standard InChI is InChI=1S/C29H23FN4O2S/c1-29(2,3)19-12-10-18(11-13-19)25-31-28-34(32-25)27(36)24(37-28)23-21-6-4-5-7-22(21)33(26(23)35)16-17-8-14-20(30)15-9-17/h4-15H,16H2,1-3H3/b24-23-. The van der Waals surface area contributed by atoms with E-state index in [0.29, 0.717) is 32.1 Å². The monoisotopic (exact) mass is 510 g/mol.